The van der Waals surface area contributed by atoms with Gasteiger partial charge in [-0.15, -0.1) is 0 Å². The zero-order valence-corrected chi connectivity index (χ0v) is 30.8. The first-order chi connectivity index (χ1) is 27.8. The molecule has 0 fully saturated rings. The molecule has 0 heteroatoms. The second-order valence-electron chi connectivity index (χ2n) is 14.8. The van der Waals surface area contributed by atoms with Gasteiger partial charge >= 0.3 is 0 Å². The molecule has 0 N–H and O–H groups in total. The maximum Gasteiger partial charge on any atom is -0.000764 e. The molecule has 0 amide bonds. The number of benzene rings is 11. The van der Waals surface area contributed by atoms with Gasteiger partial charge in [-0.1, -0.05) is 200 Å². The Morgan fingerprint density at radius 2 is 0.625 bits per heavy atom. The summed E-state index contributed by atoms with van der Waals surface area (Å²) in [5.74, 6) is 0. The number of rotatable bonds is 5. The molecule has 0 saturated carbocycles. The summed E-state index contributed by atoms with van der Waals surface area (Å²) in [6.45, 7) is 0. The molecule has 11 rings (SSSR count). The van der Waals surface area contributed by atoms with E-state index in [2.05, 4.69) is 218 Å². The predicted molar refractivity (Wildman–Crippen MR) is 241 cm³/mol. The lowest BCUT2D eigenvalue weighted by Gasteiger charge is -2.26. The summed E-state index contributed by atoms with van der Waals surface area (Å²) in [6.07, 6.45) is 0. The van der Waals surface area contributed by atoms with E-state index in [4.69, 9.17) is 0 Å². The lowest BCUT2D eigenvalue weighted by molar-refractivity contribution is 1.55. The van der Waals surface area contributed by atoms with Gasteiger partial charge in [-0.05, 0) is 128 Å². The average Bonchev–Trinajstić information content (AvgIpc) is 3.27. The number of fused-ring (bicyclic) bond motifs is 6. The monoisotopic (exact) mass is 708 g/mol. The summed E-state index contributed by atoms with van der Waals surface area (Å²) in [5, 5.41) is 12.4. The van der Waals surface area contributed by atoms with Crippen molar-refractivity contribution in [2.45, 2.75) is 0 Å². The summed E-state index contributed by atoms with van der Waals surface area (Å²) < 4.78 is 0. The maximum absolute atomic E-state index is 2.47. The zero-order chi connectivity index (χ0) is 37.0. The number of hydrogen-bond donors (Lipinski definition) is 0. The van der Waals surface area contributed by atoms with Crippen LogP contribution in [0.4, 0.5) is 0 Å². The van der Waals surface area contributed by atoms with Crippen LogP contribution in [0.1, 0.15) is 0 Å². The Morgan fingerprint density at radius 3 is 1.29 bits per heavy atom. The molecule has 0 aliphatic rings. The smallest absolute Gasteiger partial charge is 0.000764 e. The molecule has 0 aromatic heterocycles. The molecule has 0 heterocycles. The molecule has 260 valence electrons. The van der Waals surface area contributed by atoms with Gasteiger partial charge in [-0.2, -0.15) is 0 Å². The van der Waals surface area contributed by atoms with Crippen molar-refractivity contribution in [3.63, 3.8) is 0 Å². The van der Waals surface area contributed by atoms with E-state index in [0.29, 0.717) is 0 Å². The normalized spacial score (nSPS) is 11.6. The summed E-state index contributed by atoms with van der Waals surface area (Å²) in [7, 11) is 0. The van der Waals surface area contributed by atoms with Gasteiger partial charge in [-0.3, -0.25) is 0 Å². The van der Waals surface area contributed by atoms with E-state index in [-0.39, 0.29) is 0 Å². The van der Waals surface area contributed by atoms with Crippen molar-refractivity contribution in [2.75, 3.05) is 0 Å². The van der Waals surface area contributed by atoms with Crippen molar-refractivity contribution in [3.05, 3.63) is 218 Å². The van der Waals surface area contributed by atoms with E-state index in [1.165, 1.54) is 109 Å². The van der Waals surface area contributed by atoms with Crippen molar-refractivity contribution in [3.8, 4) is 55.6 Å². The average molecular weight is 709 g/mol. The molecular weight excluding hydrogens is 673 g/mol. The fraction of sp³-hybridized carbons (Fsp3) is 0. The Kier molecular flexibility index (Phi) is 7.60. The highest BCUT2D eigenvalue weighted by molar-refractivity contribution is 6.20. The molecule has 0 atom stereocenters. The fourth-order valence-corrected chi connectivity index (χ4v) is 9.09. The van der Waals surface area contributed by atoms with E-state index in [0.717, 1.165) is 0 Å². The third kappa shape index (κ3) is 5.22. The quantitative estimate of drug-likeness (QED) is 0.123. The van der Waals surface area contributed by atoms with Crippen LogP contribution in [0.3, 0.4) is 0 Å². The topological polar surface area (TPSA) is 0 Å². The zero-order valence-electron chi connectivity index (χ0n) is 30.8. The second-order valence-corrected chi connectivity index (χ2v) is 14.8. The minimum atomic E-state index is 1.19. The van der Waals surface area contributed by atoms with E-state index < -0.39 is 0 Å². The Labute approximate surface area is 326 Å². The van der Waals surface area contributed by atoms with E-state index in [9.17, 15) is 0 Å². The minimum absolute atomic E-state index is 1.19. The van der Waals surface area contributed by atoms with Gasteiger partial charge in [0.1, 0.15) is 0 Å². The molecule has 0 spiro atoms. The third-order valence-corrected chi connectivity index (χ3v) is 11.6. The molecule has 0 nitrogen and oxygen atoms in total. The van der Waals surface area contributed by atoms with Gasteiger partial charge < -0.3 is 0 Å². The predicted octanol–water partition coefficient (Wildman–Crippen LogP) is 15.8. The van der Waals surface area contributed by atoms with Gasteiger partial charge in [0.05, 0.1) is 0 Å². The molecule has 0 unspecified atom stereocenters. The molecule has 0 aliphatic heterocycles. The van der Waals surface area contributed by atoms with Crippen LogP contribution < -0.4 is 0 Å². The van der Waals surface area contributed by atoms with Gasteiger partial charge in [0.2, 0.25) is 0 Å². The standard InChI is InChI=1S/C56H36/c1-3-16-38(17-4-1)52-36-53(39-18-5-2-6-19-39)55(50-30-14-25-43-34-41-22-7-8-23-42(41)35-51(43)50)56(54(52)48-29-13-24-37-20-9-12-27-45(37)48)49-31-15-28-46-44-26-11-10-21-40(44)32-33-47(46)49/h1-36H. The summed E-state index contributed by atoms with van der Waals surface area (Å²) in [5.41, 5.74) is 12.2. The summed E-state index contributed by atoms with van der Waals surface area (Å²) in [4.78, 5) is 0. The SMILES string of the molecule is c1ccc(-c2cc(-c3ccccc3)c(-c3cccc4cc5ccccc5cc34)c(-c3cccc4c3ccc3ccccc34)c2-c2cccc3ccccc23)cc1. The Balaban J connectivity index is 1.41. The van der Waals surface area contributed by atoms with Crippen LogP contribution >= 0.6 is 0 Å². The Hall–Kier alpha value is -7.28. The Morgan fingerprint density at radius 1 is 0.179 bits per heavy atom. The third-order valence-electron chi connectivity index (χ3n) is 11.6. The lowest BCUT2D eigenvalue weighted by atomic mass is 9.76. The van der Waals surface area contributed by atoms with Gasteiger partial charge in [0.25, 0.3) is 0 Å². The molecule has 0 bridgehead atoms. The number of hydrogen-bond acceptors (Lipinski definition) is 0. The van der Waals surface area contributed by atoms with Crippen molar-refractivity contribution in [2.24, 2.45) is 0 Å². The first kappa shape index (κ1) is 32.2. The van der Waals surface area contributed by atoms with Crippen molar-refractivity contribution in [1.82, 2.24) is 0 Å². The van der Waals surface area contributed by atoms with Gasteiger partial charge in [0, 0.05) is 0 Å². The molecule has 11 aromatic rings. The van der Waals surface area contributed by atoms with Crippen LogP contribution in [0.15, 0.2) is 218 Å². The molecule has 11 aromatic carbocycles. The van der Waals surface area contributed by atoms with Crippen LogP contribution in [0.5, 0.6) is 0 Å². The lowest BCUT2D eigenvalue weighted by Crippen LogP contribution is -1.99. The highest BCUT2D eigenvalue weighted by atomic mass is 14.3. The van der Waals surface area contributed by atoms with Crippen molar-refractivity contribution in [1.29, 1.82) is 0 Å². The molecule has 56 heavy (non-hydrogen) atoms. The molecular formula is C56H36. The highest BCUT2D eigenvalue weighted by Gasteiger charge is 2.27. The fourth-order valence-electron chi connectivity index (χ4n) is 9.09. The van der Waals surface area contributed by atoms with Crippen LogP contribution in [-0.4, -0.2) is 0 Å². The van der Waals surface area contributed by atoms with Crippen molar-refractivity contribution < 1.29 is 0 Å². The highest BCUT2D eigenvalue weighted by Crippen LogP contribution is 2.54. The van der Waals surface area contributed by atoms with Crippen LogP contribution in [-0.2, 0) is 0 Å². The summed E-state index contributed by atoms with van der Waals surface area (Å²) in [6, 6.07) is 80.7. The van der Waals surface area contributed by atoms with Gasteiger partial charge in [-0.25, -0.2) is 0 Å². The first-order valence-corrected chi connectivity index (χ1v) is 19.4. The van der Waals surface area contributed by atoms with E-state index in [1.807, 2.05) is 0 Å². The van der Waals surface area contributed by atoms with Crippen molar-refractivity contribution >= 4 is 53.9 Å². The van der Waals surface area contributed by atoms with E-state index >= 15 is 0 Å². The summed E-state index contributed by atoms with van der Waals surface area (Å²) >= 11 is 0. The molecule has 0 radical (unpaired) electrons. The van der Waals surface area contributed by atoms with E-state index in [1.54, 1.807) is 0 Å². The first-order valence-electron chi connectivity index (χ1n) is 19.4. The second kappa shape index (κ2) is 13.2. The van der Waals surface area contributed by atoms with Crippen LogP contribution in [0.25, 0.3) is 109 Å². The Bertz CT molecular complexity index is 3280. The van der Waals surface area contributed by atoms with Crippen LogP contribution in [0.2, 0.25) is 0 Å². The minimum Gasteiger partial charge on any atom is -0.0622 e. The largest absolute Gasteiger partial charge is 0.0622 e. The molecule has 0 aliphatic carbocycles. The van der Waals surface area contributed by atoms with Gasteiger partial charge in [0.15, 0.2) is 0 Å². The van der Waals surface area contributed by atoms with Crippen LogP contribution in [0, 0.1) is 0 Å². The molecule has 0 saturated heterocycles. The maximum atomic E-state index is 2.47.